The summed E-state index contributed by atoms with van der Waals surface area (Å²) in [7, 11) is 1.62. The smallest absolute Gasteiger partial charge is 0.324 e. The predicted molar refractivity (Wildman–Crippen MR) is 186 cm³/mol. The molecule has 11 heteroatoms. The number of pyridine rings is 2. The Morgan fingerprint density at radius 1 is 1.04 bits per heavy atom. The fourth-order valence-electron chi connectivity index (χ4n) is 5.99. The van der Waals surface area contributed by atoms with Gasteiger partial charge >= 0.3 is 6.03 Å². The Morgan fingerprint density at radius 2 is 1.91 bits per heavy atom. The number of nitrogens with one attached hydrogen (secondary N) is 1. The minimum absolute atomic E-state index is 0.100. The molecule has 4 heterocycles. The van der Waals surface area contributed by atoms with Gasteiger partial charge in [0.05, 0.1) is 24.3 Å². The zero-order chi connectivity index (χ0) is 32.9. The number of hydrogen-bond acceptors (Lipinski definition) is 6. The highest BCUT2D eigenvalue weighted by Crippen LogP contribution is 2.35. The highest BCUT2D eigenvalue weighted by molar-refractivity contribution is 6.35. The van der Waals surface area contributed by atoms with Crippen LogP contribution in [0.3, 0.4) is 0 Å². The van der Waals surface area contributed by atoms with Crippen LogP contribution in [0.15, 0.2) is 73.2 Å². The minimum atomic E-state index is -0.604. The minimum Gasteiger partial charge on any atom is -0.493 e. The third-order valence-electron chi connectivity index (χ3n) is 8.56. The quantitative estimate of drug-likeness (QED) is 0.138. The van der Waals surface area contributed by atoms with Crippen LogP contribution >= 0.6 is 11.6 Å². The Bertz CT molecular complexity index is 1910. The lowest BCUT2D eigenvalue weighted by molar-refractivity contribution is -0.118. The summed E-state index contributed by atoms with van der Waals surface area (Å²) in [6.07, 6.45) is 9.11. The first-order chi connectivity index (χ1) is 22.9. The summed E-state index contributed by atoms with van der Waals surface area (Å²) in [5, 5.41) is 5.18. The number of ether oxygens (including phenoxy) is 2. The number of amides is 3. The summed E-state index contributed by atoms with van der Waals surface area (Å²) in [6.45, 7) is 6.10. The van der Waals surface area contributed by atoms with Gasteiger partial charge in [-0.3, -0.25) is 14.7 Å². The summed E-state index contributed by atoms with van der Waals surface area (Å²) in [4.78, 5) is 39.8. The molecule has 0 bridgehead atoms. The molecule has 6 rings (SSSR count). The van der Waals surface area contributed by atoms with Gasteiger partial charge in [-0.25, -0.2) is 9.78 Å². The van der Waals surface area contributed by atoms with Crippen LogP contribution in [0.2, 0.25) is 5.02 Å². The average molecular weight is 655 g/mol. The Morgan fingerprint density at radius 3 is 2.74 bits per heavy atom. The lowest BCUT2D eigenvalue weighted by Gasteiger charge is -2.36. The fourth-order valence-corrected chi connectivity index (χ4v) is 6.30. The second kappa shape index (κ2) is 14.3. The molecule has 3 amide bonds. The van der Waals surface area contributed by atoms with Gasteiger partial charge in [0.15, 0.2) is 11.5 Å². The van der Waals surface area contributed by atoms with Gasteiger partial charge in [-0.05, 0) is 61.7 Å². The van der Waals surface area contributed by atoms with E-state index in [2.05, 4.69) is 22.2 Å². The van der Waals surface area contributed by atoms with Gasteiger partial charge in [-0.2, -0.15) is 0 Å². The number of hydrogen-bond donors (Lipinski definition) is 1. The van der Waals surface area contributed by atoms with Crippen LogP contribution < -0.4 is 19.7 Å². The fraction of sp³-hybridized carbons (Fsp3) is 0.333. The van der Waals surface area contributed by atoms with Crippen molar-refractivity contribution in [1.29, 1.82) is 0 Å². The molecule has 5 aromatic rings. The lowest BCUT2D eigenvalue weighted by Crippen LogP contribution is -2.49. The van der Waals surface area contributed by atoms with E-state index in [9.17, 15) is 9.59 Å². The van der Waals surface area contributed by atoms with Gasteiger partial charge in [0.1, 0.15) is 11.7 Å². The lowest BCUT2D eigenvalue weighted by atomic mass is 10.1. The van der Waals surface area contributed by atoms with Gasteiger partial charge < -0.3 is 24.3 Å². The van der Waals surface area contributed by atoms with Gasteiger partial charge in [0.25, 0.3) is 0 Å². The van der Waals surface area contributed by atoms with Crippen LogP contribution in [0.1, 0.15) is 51.1 Å². The summed E-state index contributed by atoms with van der Waals surface area (Å²) >= 11 is 6.80. The van der Waals surface area contributed by atoms with E-state index in [1.165, 1.54) is 0 Å². The maximum Gasteiger partial charge on any atom is 0.324 e. The molecular weight excluding hydrogens is 616 g/mol. The topological polar surface area (TPSA) is 102 Å². The molecule has 3 aromatic heterocycles. The summed E-state index contributed by atoms with van der Waals surface area (Å²) in [5.74, 6) is 1.06. The van der Waals surface area contributed by atoms with E-state index in [0.29, 0.717) is 54.1 Å². The highest BCUT2D eigenvalue weighted by Gasteiger charge is 2.29. The van der Waals surface area contributed by atoms with Gasteiger partial charge in [0.2, 0.25) is 5.91 Å². The molecule has 1 unspecified atom stereocenters. The number of carbonyl (C=O) groups is 2. The van der Waals surface area contributed by atoms with Crippen LogP contribution in [0.5, 0.6) is 11.5 Å². The summed E-state index contributed by atoms with van der Waals surface area (Å²) in [5.41, 5.74) is 3.66. The molecule has 0 spiro atoms. The van der Waals surface area contributed by atoms with Crippen molar-refractivity contribution in [3.05, 3.63) is 83.8 Å². The number of methoxy groups -OCH3 is 1. The van der Waals surface area contributed by atoms with Gasteiger partial charge in [-0.1, -0.05) is 43.5 Å². The van der Waals surface area contributed by atoms with Crippen LogP contribution in [0, 0.1) is 0 Å². The molecule has 244 valence electrons. The molecule has 1 N–H and O–H groups in total. The van der Waals surface area contributed by atoms with Crippen LogP contribution in [-0.4, -0.2) is 58.2 Å². The highest BCUT2D eigenvalue weighted by atomic mass is 35.5. The molecule has 1 atom stereocenters. The standard InChI is InChI=1S/C36H39ClN6O4/c1-4-5-6-19-47-32-21-28(12-13-31(32)46-3)42-18-8-17-41(36(42)45)22-26-14-16-39-34-33(26)29(37)23-43(34)24(2)35(44)40-27-11-10-25-9-7-15-38-30(25)20-27/h7,9-16,20-21,23-24H,4-6,8,17-19,22H2,1-3H3,(H,40,44). The molecular formula is C36H39ClN6O4. The molecule has 0 aliphatic carbocycles. The summed E-state index contributed by atoms with van der Waals surface area (Å²) in [6, 6.07) is 16.3. The third-order valence-corrected chi connectivity index (χ3v) is 8.85. The van der Waals surface area contributed by atoms with E-state index in [1.807, 2.05) is 59.5 Å². The molecule has 1 fully saturated rings. The van der Waals surface area contributed by atoms with Crippen LogP contribution in [0.4, 0.5) is 16.2 Å². The second-order valence-electron chi connectivity index (χ2n) is 11.7. The van der Waals surface area contributed by atoms with E-state index in [0.717, 1.165) is 53.2 Å². The van der Waals surface area contributed by atoms with Gasteiger partial charge in [0, 0.05) is 66.4 Å². The van der Waals surface area contributed by atoms with Crippen molar-refractivity contribution in [2.24, 2.45) is 0 Å². The van der Waals surface area contributed by atoms with Crippen molar-refractivity contribution in [1.82, 2.24) is 19.4 Å². The zero-order valence-corrected chi connectivity index (χ0v) is 27.7. The number of benzene rings is 2. The van der Waals surface area contributed by atoms with E-state index in [1.54, 1.807) is 42.1 Å². The molecule has 2 aromatic carbocycles. The number of urea groups is 1. The summed E-state index contributed by atoms with van der Waals surface area (Å²) < 4.78 is 13.3. The van der Waals surface area contributed by atoms with Crippen molar-refractivity contribution in [2.75, 3.05) is 37.0 Å². The number of fused-ring (bicyclic) bond motifs is 2. The normalized spacial score (nSPS) is 14.1. The van der Waals surface area contributed by atoms with Crippen molar-refractivity contribution < 1.29 is 19.1 Å². The largest absolute Gasteiger partial charge is 0.493 e. The van der Waals surface area contributed by atoms with Crippen molar-refractivity contribution in [2.45, 2.75) is 52.1 Å². The van der Waals surface area contributed by atoms with E-state index >= 15 is 0 Å². The number of unbranched alkanes of at least 4 members (excludes halogenated alkanes) is 2. The van der Waals surface area contributed by atoms with Crippen molar-refractivity contribution >= 4 is 56.9 Å². The Hall–Kier alpha value is -4.83. The maximum absolute atomic E-state index is 13.8. The predicted octanol–water partition coefficient (Wildman–Crippen LogP) is 7.85. The van der Waals surface area contributed by atoms with Crippen molar-refractivity contribution in [3.63, 3.8) is 0 Å². The maximum atomic E-state index is 13.8. The molecule has 0 radical (unpaired) electrons. The third kappa shape index (κ3) is 6.83. The molecule has 10 nitrogen and oxygen atoms in total. The van der Waals surface area contributed by atoms with Crippen LogP contribution in [0.25, 0.3) is 21.9 Å². The van der Waals surface area contributed by atoms with Crippen molar-refractivity contribution in [3.8, 4) is 11.5 Å². The molecule has 0 saturated carbocycles. The average Bonchev–Trinajstić information content (AvgIpc) is 3.44. The Labute approximate surface area is 279 Å². The molecule has 1 saturated heterocycles. The first-order valence-electron chi connectivity index (χ1n) is 16.0. The second-order valence-corrected chi connectivity index (χ2v) is 12.1. The van der Waals surface area contributed by atoms with E-state index in [-0.39, 0.29) is 11.9 Å². The number of carbonyl (C=O) groups excluding carboxylic acids is 2. The zero-order valence-electron chi connectivity index (χ0n) is 26.9. The Kier molecular flexibility index (Phi) is 9.77. The van der Waals surface area contributed by atoms with Crippen LogP contribution in [-0.2, 0) is 11.3 Å². The Balaban J connectivity index is 1.20. The van der Waals surface area contributed by atoms with Gasteiger partial charge in [-0.15, -0.1) is 0 Å². The molecule has 1 aliphatic heterocycles. The van der Waals surface area contributed by atoms with E-state index in [4.69, 9.17) is 21.1 Å². The number of rotatable bonds is 12. The number of halogens is 1. The number of aromatic nitrogens is 3. The molecule has 47 heavy (non-hydrogen) atoms. The SMILES string of the molecule is CCCCCOc1cc(N2CCCN(Cc3ccnc4c3c(Cl)cn4C(C)C(=O)Nc3ccc4cccnc4c3)C2=O)ccc1OC. The number of anilines is 2. The van der Waals surface area contributed by atoms with E-state index < -0.39 is 6.04 Å². The first kappa shape index (κ1) is 32.1. The molecule has 1 aliphatic rings. The monoisotopic (exact) mass is 654 g/mol. The first-order valence-corrected chi connectivity index (χ1v) is 16.4. The number of nitrogens with zero attached hydrogens (tertiary/aromatic N) is 5.